The number of hydrogen-bond donors (Lipinski definition) is 2. The van der Waals surface area contributed by atoms with Gasteiger partial charge in [-0.2, -0.15) is 0 Å². The van der Waals surface area contributed by atoms with Crippen LogP contribution in [0.3, 0.4) is 0 Å². The third kappa shape index (κ3) is 4.80. The van der Waals surface area contributed by atoms with Gasteiger partial charge in [-0.05, 0) is 66.9 Å². The maximum Gasteiger partial charge on any atom is 0.261 e. The highest BCUT2D eigenvalue weighted by Gasteiger charge is 2.17. The Morgan fingerprint density at radius 1 is 0.967 bits per heavy atom. The van der Waals surface area contributed by atoms with Crippen molar-refractivity contribution in [3.05, 3.63) is 83.4 Å². The molecule has 1 amide bonds. The summed E-state index contributed by atoms with van der Waals surface area (Å²) in [5.41, 5.74) is 3.18. The van der Waals surface area contributed by atoms with Crippen molar-refractivity contribution < 1.29 is 17.9 Å². The molecule has 0 saturated heterocycles. The number of aryl methyl sites for hydroxylation is 2. The fourth-order valence-electron chi connectivity index (χ4n) is 2.98. The topological polar surface area (TPSA) is 84.5 Å². The average Bonchev–Trinajstić information content (AvgIpc) is 2.75. The summed E-state index contributed by atoms with van der Waals surface area (Å²) in [4.78, 5) is 12.9. The molecule has 3 rings (SSSR count). The Labute approximate surface area is 177 Å². The van der Waals surface area contributed by atoms with E-state index in [9.17, 15) is 13.2 Å². The van der Waals surface area contributed by atoms with Crippen LogP contribution in [0.5, 0.6) is 5.75 Å². The summed E-state index contributed by atoms with van der Waals surface area (Å²) in [6, 6.07) is 18.6. The number of methoxy groups -OCH3 is 1. The Hall–Kier alpha value is -3.32. The van der Waals surface area contributed by atoms with Gasteiger partial charge in [0.05, 0.1) is 17.7 Å². The minimum absolute atomic E-state index is 0.106. The number of carbonyl (C=O) groups excluding carboxylic acids is 1. The van der Waals surface area contributed by atoms with Gasteiger partial charge in [0.1, 0.15) is 5.75 Å². The van der Waals surface area contributed by atoms with Gasteiger partial charge < -0.3 is 10.1 Å². The number of anilines is 2. The molecule has 0 unspecified atom stereocenters. The second kappa shape index (κ2) is 9.00. The Balaban J connectivity index is 1.84. The molecular formula is C23H24N2O4S. The molecule has 0 aromatic heterocycles. The van der Waals surface area contributed by atoms with Crippen LogP contribution in [-0.4, -0.2) is 21.4 Å². The molecule has 3 aromatic rings. The van der Waals surface area contributed by atoms with Crippen LogP contribution in [0.25, 0.3) is 0 Å². The fourth-order valence-corrected chi connectivity index (χ4v) is 4.10. The summed E-state index contributed by atoms with van der Waals surface area (Å²) in [5, 5.41) is 2.90. The number of nitrogens with one attached hydrogen (secondary N) is 2. The molecule has 0 fully saturated rings. The first-order chi connectivity index (χ1) is 14.3. The van der Waals surface area contributed by atoms with Crippen LogP contribution in [-0.2, 0) is 16.4 Å². The van der Waals surface area contributed by atoms with E-state index in [2.05, 4.69) is 10.0 Å². The van der Waals surface area contributed by atoms with Crippen LogP contribution in [0.4, 0.5) is 11.4 Å². The molecule has 0 atom stereocenters. The van der Waals surface area contributed by atoms with Crippen molar-refractivity contribution in [2.45, 2.75) is 25.2 Å². The van der Waals surface area contributed by atoms with Gasteiger partial charge in [-0.1, -0.05) is 31.2 Å². The molecule has 2 N–H and O–H groups in total. The maximum absolute atomic E-state index is 12.8. The fraction of sp³-hybridized carbons (Fsp3) is 0.174. The molecular weight excluding hydrogens is 400 g/mol. The number of rotatable bonds is 7. The SMILES string of the molecule is CCc1ccccc1NC(=O)c1ccc(C)c(NS(=O)(=O)c2ccc(OC)cc2)c1. The molecule has 0 spiro atoms. The predicted molar refractivity (Wildman–Crippen MR) is 119 cm³/mol. The molecule has 156 valence electrons. The van der Waals surface area contributed by atoms with Crippen LogP contribution in [0.2, 0.25) is 0 Å². The van der Waals surface area contributed by atoms with Gasteiger partial charge >= 0.3 is 0 Å². The molecule has 30 heavy (non-hydrogen) atoms. The minimum atomic E-state index is -3.81. The summed E-state index contributed by atoms with van der Waals surface area (Å²) in [6.45, 7) is 3.79. The number of sulfonamides is 1. The molecule has 0 aliphatic heterocycles. The van der Waals surface area contributed by atoms with Crippen molar-refractivity contribution in [1.82, 2.24) is 0 Å². The maximum atomic E-state index is 12.8. The lowest BCUT2D eigenvalue weighted by Crippen LogP contribution is -2.16. The van der Waals surface area contributed by atoms with Crippen molar-refractivity contribution in [3.8, 4) is 5.75 Å². The van der Waals surface area contributed by atoms with E-state index in [0.717, 1.165) is 17.7 Å². The smallest absolute Gasteiger partial charge is 0.261 e. The van der Waals surface area contributed by atoms with Crippen LogP contribution in [0, 0.1) is 6.92 Å². The number of para-hydroxylation sites is 1. The molecule has 3 aromatic carbocycles. The first kappa shape index (κ1) is 21.4. The highest BCUT2D eigenvalue weighted by molar-refractivity contribution is 7.92. The van der Waals surface area contributed by atoms with Gasteiger partial charge in [-0.25, -0.2) is 8.42 Å². The Bertz CT molecular complexity index is 1160. The second-order valence-corrected chi connectivity index (χ2v) is 8.46. The molecule has 0 aliphatic rings. The van der Waals surface area contributed by atoms with Crippen molar-refractivity contribution in [2.75, 3.05) is 17.1 Å². The van der Waals surface area contributed by atoms with E-state index in [-0.39, 0.29) is 10.8 Å². The molecule has 0 saturated carbocycles. The lowest BCUT2D eigenvalue weighted by Gasteiger charge is -2.14. The van der Waals surface area contributed by atoms with Gasteiger partial charge in [0.25, 0.3) is 15.9 Å². The van der Waals surface area contributed by atoms with E-state index in [1.807, 2.05) is 31.2 Å². The van der Waals surface area contributed by atoms with Crippen LogP contribution in [0.15, 0.2) is 71.6 Å². The molecule has 6 nitrogen and oxygen atoms in total. The Kier molecular flexibility index (Phi) is 6.42. The monoisotopic (exact) mass is 424 g/mol. The van der Waals surface area contributed by atoms with Crippen LogP contribution >= 0.6 is 0 Å². The lowest BCUT2D eigenvalue weighted by atomic mass is 10.1. The van der Waals surface area contributed by atoms with Gasteiger partial charge in [0.15, 0.2) is 0 Å². The molecule has 0 radical (unpaired) electrons. The third-order valence-electron chi connectivity index (χ3n) is 4.76. The highest BCUT2D eigenvalue weighted by atomic mass is 32.2. The zero-order chi connectivity index (χ0) is 21.7. The van der Waals surface area contributed by atoms with Crippen LogP contribution in [0.1, 0.15) is 28.4 Å². The summed E-state index contributed by atoms with van der Waals surface area (Å²) in [6.07, 6.45) is 0.789. The quantitative estimate of drug-likeness (QED) is 0.580. The number of carbonyl (C=O) groups is 1. The first-order valence-electron chi connectivity index (χ1n) is 9.51. The Morgan fingerprint density at radius 3 is 2.33 bits per heavy atom. The standard InChI is InChI=1S/C23H24N2O4S/c1-4-17-7-5-6-8-21(17)24-23(26)18-10-9-16(2)22(15-18)25-30(27,28)20-13-11-19(29-3)12-14-20/h5-15,25H,4H2,1-3H3,(H,24,26). The number of amides is 1. The average molecular weight is 425 g/mol. The van der Waals surface area contributed by atoms with E-state index in [0.29, 0.717) is 22.6 Å². The molecule has 0 heterocycles. The van der Waals surface area contributed by atoms with Crippen molar-refractivity contribution in [1.29, 1.82) is 0 Å². The highest BCUT2D eigenvalue weighted by Crippen LogP contribution is 2.24. The molecule has 0 aliphatic carbocycles. The van der Waals surface area contributed by atoms with Crippen molar-refractivity contribution in [3.63, 3.8) is 0 Å². The second-order valence-electron chi connectivity index (χ2n) is 6.78. The normalized spacial score (nSPS) is 11.0. The van der Waals surface area contributed by atoms with Crippen molar-refractivity contribution >= 4 is 27.3 Å². The van der Waals surface area contributed by atoms with Gasteiger partial charge in [-0.15, -0.1) is 0 Å². The van der Waals surface area contributed by atoms with Crippen LogP contribution < -0.4 is 14.8 Å². The number of hydrogen-bond acceptors (Lipinski definition) is 4. The van der Waals surface area contributed by atoms with Crippen molar-refractivity contribution in [2.24, 2.45) is 0 Å². The largest absolute Gasteiger partial charge is 0.497 e. The van der Waals surface area contributed by atoms with Gasteiger partial charge in [-0.3, -0.25) is 9.52 Å². The Morgan fingerprint density at radius 2 is 1.67 bits per heavy atom. The zero-order valence-electron chi connectivity index (χ0n) is 17.1. The van der Waals surface area contributed by atoms with E-state index >= 15 is 0 Å². The number of ether oxygens (including phenoxy) is 1. The summed E-state index contributed by atoms with van der Waals surface area (Å²) in [7, 11) is -2.30. The summed E-state index contributed by atoms with van der Waals surface area (Å²) >= 11 is 0. The number of benzene rings is 3. The van der Waals surface area contributed by atoms with E-state index in [1.54, 1.807) is 37.3 Å². The molecule has 7 heteroatoms. The summed E-state index contributed by atoms with van der Waals surface area (Å²) in [5.74, 6) is 0.261. The molecule has 0 bridgehead atoms. The lowest BCUT2D eigenvalue weighted by molar-refractivity contribution is 0.102. The predicted octanol–water partition coefficient (Wildman–Crippen LogP) is 4.62. The van der Waals surface area contributed by atoms with E-state index in [4.69, 9.17) is 4.74 Å². The zero-order valence-corrected chi connectivity index (χ0v) is 17.9. The van der Waals surface area contributed by atoms with E-state index < -0.39 is 10.0 Å². The first-order valence-corrected chi connectivity index (χ1v) is 11.0. The summed E-state index contributed by atoms with van der Waals surface area (Å²) < 4.78 is 33.2. The van der Waals surface area contributed by atoms with Gasteiger partial charge in [0.2, 0.25) is 0 Å². The van der Waals surface area contributed by atoms with Gasteiger partial charge in [0, 0.05) is 11.3 Å². The van der Waals surface area contributed by atoms with E-state index in [1.165, 1.54) is 19.2 Å². The minimum Gasteiger partial charge on any atom is -0.497 e. The third-order valence-corrected chi connectivity index (χ3v) is 6.14.